The Labute approximate surface area is 144 Å². The number of carbonyl (C=O) groups is 1. The topological polar surface area (TPSA) is 67.9 Å². The van der Waals surface area contributed by atoms with Crippen LogP contribution >= 0.6 is 0 Å². The summed E-state index contributed by atoms with van der Waals surface area (Å²) in [5.41, 5.74) is 0.470. The maximum Gasteiger partial charge on any atom is 0.410 e. The van der Waals surface area contributed by atoms with Crippen molar-refractivity contribution < 1.29 is 13.9 Å². The van der Waals surface area contributed by atoms with E-state index in [1.54, 1.807) is 18.1 Å². The molecule has 0 aromatic carbocycles. The number of carbonyl (C=O) groups excluding carboxylic acids is 1. The number of oxazole rings is 1. The highest BCUT2D eigenvalue weighted by Gasteiger charge is 2.29. The Bertz CT molecular complexity index is 591. The molecule has 0 aliphatic carbocycles. The Morgan fingerprint density at radius 2 is 2.00 bits per heavy atom. The van der Waals surface area contributed by atoms with Crippen LogP contribution in [0.3, 0.4) is 0 Å². The van der Waals surface area contributed by atoms with Crippen molar-refractivity contribution in [1.29, 1.82) is 0 Å². The minimum atomic E-state index is -0.460. The molecule has 1 aromatic heterocycles. The second-order valence-corrected chi connectivity index (χ2v) is 7.57. The van der Waals surface area contributed by atoms with Crippen molar-refractivity contribution in [2.75, 3.05) is 20.1 Å². The van der Waals surface area contributed by atoms with Gasteiger partial charge in [0.1, 0.15) is 5.60 Å². The van der Waals surface area contributed by atoms with E-state index in [0.717, 1.165) is 30.2 Å². The summed E-state index contributed by atoms with van der Waals surface area (Å²) in [4.78, 5) is 22.6. The van der Waals surface area contributed by atoms with E-state index in [9.17, 15) is 4.79 Å². The molecule has 24 heavy (non-hydrogen) atoms. The monoisotopic (exact) mass is 335 g/mol. The summed E-state index contributed by atoms with van der Waals surface area (Å²) in [6.07, 6.45) is 3.19. The van der Waals surface area contributed by atoms with Crippen molar-refractivity contribution in [2.45, 2.75) is 59.0 Å². The minimum Gasteiger partial charge on any atom is -0.444 e. The molecule has 134 valence electrons. The van der Waals surface area contributed by atoms with Gasteiger partial charge in [-0.2, -0.15) is 0 Å². The summed E-state index contributed by atoms with van der Waals surface area (Å²) < 4.78 is 11.4. The Hall–Kier alpha value is -1.85. The largest absolute Gasteiger partial charge is 0.444 e. The van der Waals surface area contributed by atoms with Gasteiger partial charge in [-0.15, -0.1) is 0 Å². The number of piperidine rings is 1. The number of likely N-dealkylation sites (tertiary alicyclic amines) is 1. The summed E-state index contributed by atoms with van der Waals surface area (Å²) in [5.74, 6) is 2.03. The Morgan fingerprint density at radius 3 is 2.50 bits per heavy atom. The number of hydrogen-bond donors (Lipinski definition) is 0. The van der Waals surface area contributed by atoms with Crippen LogP contribution in [0.5, 0.6) is 0 Å². The number of ether oxygens (including phenoxy) is 1. The molecule has 1 aromatic rings. The Balaban J connectivity index is 1.96. The number of aromatic nitrogens is 1. The second kappa shape index (κ2) is 7.36. The number of amides is 1. The van der Waals surface area contributed by atoms with Crippen molar-refractivity contribution in [3.63, 3.8) is 0 Å². The van der Waals surface area contributed by atoms with E-state index in [-0.39, 0.29) is 12.0 Å². The van der Waals surface area contributed by atoms with Crippen LogP contribution in [-0.2, 0) is 4.74 Å². The number of aliphatic imine (C=N–C) groups is 1. The zero-order valence-corrected chi connectivity index (χ0v) is 15.6. The van der Waals surface area contributed by atoms with Crippen LogP contribution in [0.15, 0.2) is 15.6 Å². The van der Waals surface area contributed by atoms with Crippen LogP contribution < -0.4 is 0 Å². The van der Waals surface area contributed by atoms with Gasteiger partial charge < -0.3 is 14.1 Å². The summed E-state index contributed by atoms with van der Waals surface area (Å²) in [6.45, 7) is 11.1. The van der Waals surface area contributed by atoms with Crippen molar-refractivity contribution in [1.82, 2.24) is 9.88 Å². The first-order valence-corrected chi connectivity index (χ1v) is 8.62. The van der Waals surface area contributed by atoms with E-state index in [0.29, 0.717) is 19.0 Å². The first-order valence-electron chi connectivity index (χ1n) is 8.62. The van der Waals surface area contributed by atoms with Gasteiger partial charge in [0.15, 0.2) is 11.7 Å². The first-order chi connectivity index (χ1) is 11.2. The molecule has 1 aliphatic rings. The van der Waals surface area contributed by atoms with Crippen LogP contribution in [-0.4, -0.2) is 47.4 Å². The molecule has 0 N–H and O–H groups in total. The number of hydrogen-bond acceptors (Lipinski definition) is 5. The van der Waals surface area contributed by atoms with Crippen molar-refractivity contribution in [3.05, 3.63) is 17.8 Å². The molecule has 0 radical (unpaired) electrons. The molecule has 2 rings (SSSR count). The Morgan fingerprint density at radius 1 is 1.38 bits per heavy atom. The molecule has 1 fully saturated rings. The maximum atomic E-state index is 12.1. The highest BCUT2D eigenvalue weighted by Crippen LogP contribution is 2.29. The minimum absolute atomic E-state index is 0.239. The average molecular weight is 335 g/mol. The molecule has 1 amide bonds. The van der Waals surface area contributed by atoms with Gasteiger partial charge in [-0.1, -0.05) is 13.8 Å². The van der Waals surface area contributed by atoms with E-state index >= 15 is 0 Å². The normalized spacial score (nSPS) is 17.5. The predicted octanol–water partition coefficient (Wildman–Crippen LogP) is 3.86. The summed E-state index contributed by atoms with van der Waals surface area (Å²) in [7, 11) is 1.77. The lowest BCUT2D eigenvalue weighted by Crippen LogP contribution is -2.41. The second-order valence-electron chi connectivity index (χ2n) is 7.57. The molecule has 1 saturated heterocycles. The Kier molecular flexibility index (Phi) is 5.67. The third-order valence-electron chi connectivity index (χ3n) is 4.06. The maximum absolute atomic E-state index is 12.1. The van der Waals surface area contributed by atoms with Crippen LogP contribution in [0.25, 0.3) is 0 Å². The molecular formula is C18H29N3O3. The van der Waals surface area contributed by atoms with Crippen LogP contribution in [0.2, 0.25) is 0 Å². The van der Waals surface area contributed by atoms with Gasteiger partial charge in [0, 0.05) is 26.1 Å². The van der Waals surface area contributed by atoms with Gasteiger partial charge in [-0.05, 0) is 39.5 Å². The average Bonchev–Trinajstić information content (AvgIpc) is 2.95. The smallest absolute Gasteiger partial charge is 0.410 e. The van der Waals surface area contributed by atoms with Gasteiger partial charge >= 0.3 is 6.09 Å². The molecule has 0 saturated carbocycles. The fourth-order valence-electron chi connectivity index (χ4n) is 2.88. The number of nitrogens with zero attached hydrogens (tertiary/aromatic N) is 3. The van der Waals surface area contributed by atoms with E-state index in [1.165, 1.54) is 0 Å². The molecule has 1 aliphatic heterocycles. The summed E-state index contributed by atoms with van der Waals surface area (Å²) >= 11 is 0. The zero-order valence-electron chi connectivity index (χ0n) is 15.6. The van der Waals surface area contributed by atoms with Crippen molar-refractivity contribution >= 4 is 11.8 Å². The third kappa shape index (κ3) is 4.58. The molecule has 0 spiro atoms. The molecular weight excluding hydrogens is 306 g/mol. The predicted molar refractivity (Wildman–Crippen MR) is 93.6 cm³/mol. The van der Waals surface area contributed by atoms with Crippen molar-refractivity contribution in [2.24, 2.45) is 10.9 Å². The van der Waals surface area contributed by atoms with E-state index in [1.807, 2.05) is 20.8 Å². The van der Waals surface area contributed by atoms with E-state index in [4.69, 9.17) is 9.15 Å². The summed E-state index contributed by atoms with van der Waals surface area (Å²) in [5, 5.41) is 0. The quantitative estimate of drug-likeness (QED) is 0.787. The van der Waals surface area contributed by atoms with Gasteiger partial charge in [0.2, 0.25) is 0 Å². The molecule has 2 heterocycles. The molecule has 0 atom stereocenters. The van der Waals surface area contributed by atoms with Crippen LogP contribution in [0.1, 0.15) is 65.0 Å². The van der Waals surface area contributed by atoms with Crippen molar-refractivity contribution in [3.8, 4) is 0 Å². The van der Waals surface area contributed by atoms with E-state index < -0.39 is 5.60 Å². The van der Waals surface area contributed by atoms with Crippen LogP contribution in [0.4, 0.5) is 4.79 Å². The third-order valence-corrected chi connectivity index (χ3v) is 4.06. The van der Waals surface area contributed by atoms with Gasteiger partial charge in [0.05, 0.1) is 11.9 Å². The SMILES string of the molecule is CN=C(c1cnc(C2CCN(C(=O)OC(C)(C)C)CC2)o1)C(C)C. The molecule has 0 bridgehead atoms. The lowest BCUT2D eigenvalue weighted by Gasteiger charge is -2.32. The van der Waals surface area contributed by atoms with Gasteiger partial charge in [-0.3, -0.25) is 4.99 Å². The molecule has 6 heteroatoms. The highest BCUT2D eigenvalue weighted by molar-refractivity contribution is 5.99. The molecule has 0 unspecified atom stereocenters. The number of rotatable bonds is 3. The van der Waals surface area contributed by atoms with Gasteiger partial charge in [0.25, 0.3) is 0 Å². The molecule has 6 nitrogen and oxygen atoms in total. The van der Waals surface area contributed by atoms with Gasteiger partial charge in [-0.25, -0.2) is 9.78 Å². The standard InChI is InChI=1S/C18H29N3O3/c1-12(2)15(19-6)14-11-20-16(23-14)13-7-9-21(10-8-13)17(22)24-18(3,4)5/h11-13H,7-10H2,1-6H3. The highest BCUT2D eigenvalue weighted by atomic mass is 16.6. The van der Waals surface area contributed by atoms with Crippen LogP contribution in [0, 0.1) is 5.92 Å². The summed E-state index contributed by atoms with van der Waals surface area (Å²) in [6, 6.07) is 0. The fourth-order valence-corrected chi connectivity index (χ4v) is 2.88. The first kappa shape index (κ1) is 18.5. The zero-order chi connectivity index (χ0) is 17.9. The lowest BCUT2D eigenvalue weighted by molar-refractivity contribution is 0.0199. The van der Waals surface area contributed by atoms with E-state index in [2.05, 4.69) is 23.8 Å². The fraction of sp³-hybridized carbons (Fsp3) is 0.722. The lowest BCUT2D eigenvalue weighted by atomic mass is 9.97.